The SMILES string of the molecule is CS(=O)(=O)c1ccc(CNc2ccc(F)cc2S(=O)(=O)C(F)(F)F)cc1. The molecule has 0 bridgehead atoms. The van der Waals surface area contributed by atoms with Gasteiger partial charge in [0.2, 0.25) is 0 Å². The Morgan fingerprint density at radius 3 is 2.04 bits per heavy atom. The molecule has 11 heteroatoms. The van der Waals surface area contributed by atoms with Gasteiger partial charge in [-0.15, -0.1) is 0 Å². The number of benzene rings is 2. The number of anilines is 1. The molecular formula is C15H13F4NO4S2. The smallest absolute Gasteiger partial charge is 0.380 e. The lowest BCUT2D eigenvalue weighted by atomic mass is 10.2. The van der Waals surface area contributed by atoms with Gasteiger partial charge in [-0.1, -0.05) is 12.1 Å². The van der Waals surface area contributed by atoms with E-state index in [-0.39, 0.29) is 17.5 Å². The van der Waals surface area contributed by atoms with Crippen LogP contribution in [0.3, 0.4) is 0 Å². The topological polar surface area (TPSA) is 80.3 Å². The van der Waals surface area contributed by atoms with Crippen molar-refractivity contribution in [3.63, 3.8) is 0 Å². The van der Waals surface area contributed by atoms with E-state index in [0.29, 0.717) is 5.56 Å². The second-order valence-corrected chi connectivity index (χ2v) is 9.28. The molecule has 5 nitrogen and oxygen atoms in total. The standard InChI is InChI=1S/C15H13F4NO4S2/c1-25(21,22)12-5-2-10(3-6-12)9-20-13-7-4-11(16)8-14(13)26(23,24)15(17,18)19/h2-8,20H,9H2,1H3. The number of halogens is 4. The van der Waals surface area contributed by atoms with Crippen molar-refractivity contribution in [1.82, 2.24) is 0 Å². The van der Waals surface area contributed by atoms with E-state index in [9.17, 15) is 34.4 Å². The molecule has 142 valence electrons. The molecule has 0 amide bonds. The quantitative estimate of drug-likeness (QED) is 0.765. The first-order chi connectivity index (χ1) is 11.8. The molecule has 0 unspecified atom stereocenters. The average molecular weight is 411 g/mol. The molecule has 2 aromatic rings. The fourth-order valence-corrected chi connectivity index (χ4v) is 3.62. The van der Waals surface area contributed by atoms with Gasteiger partial charge in [-0.2, -0.15) is 13.2 Å². The van der Waals surface area contributed by atoms with Gasteiger partial charge < -0.3 is 5.32 Å². The number of rotatable bonds is 5. The van der Waals surface area contributed by atoms with E-state index in [1.54, 1.807) is 0 Å². The maximum Gasteiger partial charge on any atom is 0.501 e. The van der Waals surface area contributed by atoms with Crippen LogP contribution in [0.4, 0.5) is 23.2 Å². The Balaban J connectivity index is 2.31. The van der Waals surface area contributed by atoms with Crippen LogP contribution in [0.1, 0.15) is 5.56 Å². The Bertz CT molecular complexity index is 1010. The monoisotopic (exact) mass is 411 g/mol. The summed E-state index contributed by atoms with van der Waals surface area (Å²) in [6, 6.07) is 7.46. The highest BCUT2D eigenvalue weighted by atomic mass is 32.2. The van der Waals surface area contributed by atoms with Gasteiger partial charge >= 0.3 is 5.51 Å². The van der Waals surface area contributed by atoms with Crippen molar-refractivity contribution < 1.29 is 34.4 Å². The minimum Gasteiger partial charge on any atom is -0.380 e. The Labute approximate surface area is 147 Å². The van der Waals surface area contributed by atoms with E-state index in [2.05, 4.69) is 5.32 Å². The third-order valence-electron chi connectivity index (χ3n) is 3.37. The van der Waals surface area contributed by atoms with E-state index < -0.39 is 41.6 Å². The molecule has 0 aliphatic carbocycles. The Kier molecular flexibility index (Phi) is 5.34. The molecule has 2 rings (SSSR count). The maximum atomic E-state index is 13.3. The number of sulfone groups is 2. The zero-order valence-corrected chi connectivity index (χ0v) is 14.8. The van der Waals surface area contributed by atoms with E-state index in [1.165, 1.54) is 24.3 Å². The minimum atomic E-state index is -5.74. The predicted octanol–water partition coefficient (Wildman–Crippen LogP) is 3.13. The third kappa shape index (κ3) is 4.33. The van der Waals surface area contributed by atoms with Crippen LogP contribution in [0.2, 0.25) is 0 Å². The lowest BCUT2D eigenvalue weighted by Crippen LogP contribution is -2.24. The molecular weight excluding hydrogens is 398 g/mol. The van der Waals surface area contributed by atoms with E-state index >= 15 is 0 Å². The average Bonchev–Trinajstić information content (AvgIpc) is 2.52. The summed E-state index contributed by atoms with van der Waals surface area (Å²) < 4.78 is 97.5. The molecule has 0 saturated heterocycles. The van der Waals surface area contributed by atoms with Gasteiger partial charge in [-0.3, -0.25) is 0 Å². The summed E-state index contributed by atoms with van der Waals surface area (Å²) in [5.74, 6) is -1.13. The van der Waals surface area contributed by atoms with Gasteiger partial charge in [0.1, 0.15) is 10.7 Å². The summed E-state index contributed by atoms with van der Waals surface area (Å²) in [5, 5.41) is 2.50. The van der Waals surface area contributed by atoms with E-state index in [0.717, 1.165) is 18.4 Å². The molecule has 0 radical (unpaired) electrons. The maximum absolute atomic E-state index is 13.3. The van der Waals surface area contributed by atoms with Crippen LogP contribution >= 0.6 is 0 Å². The molecule has 0 spiro atoms. The van der Waals surface area contributed by atoms with Crippen LogP contribution in [-0.4, -0.2) is 28.6 Å². The van der Waals surface area contributed by atoms with Gasteiger partial charge in [0.05, 0.1) is 10.6 Å². The molecule has 0 aliphatic heterocycles. The summed E-state index contributed by atoms with van der Waals surface area (Å²) in [6.45, 7) is -0.101. The number of hydrogen-bond donors (Lipinski definition) is 1. The van der Waals surface area contributed by atoms with Crippen molar-refractivity contribution >= 4 is 25.4 Å². The first kappa shape index (κ1) is 20.2. The van der Waals surface area contributed by atoms with Crippen molar-refractivity contribution in [2.75, 3.05) is 11.6 Å². The number of alkyl halides is 3. The highest BCUT2D eigenvalue weighted by molar-refractivity contribution is 7.92. The summed E-state index contributed by atoms with van der Waals surface area (Å²) >= 11 is 0. The van der Waals surface area contributed by atoms with Gasteiger partial charge in [0.15, 0.2) is 9.84 Å². The molecule has 0 fully saturated rings. The van der Waals surface area contributed by atoms with Crippen molar-refractivity contribution in [1.29, 1.82) is 0 Å². The normalized spacial score (nSPS) is 12.8. The molecule has 0 heterocycles. The molecule has 1 N–H and O–H groups in total. The minimum absolute atomic E-state index is 0.0587. The Morgan fingerprint density at radius 1 is 0.962 bits per heavy atom. The molecule has 0 aromatic heterocycles. The zero-order valence-electron chi connectivity index (χ0n) is 13.2. The molecule has 0 aliphatic rings. The highest BCUT2D eigenvalue weighted by Crippen LogP contribution is 2.35. The van der Waals surface area contributed by atoms with Crippen LogP contribution < -0.4 is 5.32 Å². The Morgan fingerprint density at radius 2 is 1.54 bits per heavy atom. The first-order valence-corrected chi connectivity index (χ1v) is 10.3. The van der Waals surface area contributed by atoms with Crippen LogP contribution in [0, 0.1) is 5.82 Å². The fourth-order valence-electron chi connectivity index (χ4n) is 2.04. The predicted molar refractivity (Wildman–Crippen MR) is 86.5 cm³/mol. The van der Waals surface area contributed by atoms with Crippen LogP contribution in [0.5, 0.6) is 0 Å². The van der Waals surface area contributed by atoms with E-state index in [4.69, 9.17) is 0 Å². The van der Waals surface area contributed by atoms with Crippen LogP contribution in [0.15, 0.2) is 52.3 Å². The van der Waals surface area contributed by atoms with Crippen LogP contribution in [0.25, 0.3) is 0 Å². The first-order valence-electron chi connectivity index (χ1n) is 6.96. The summed E-state index contributed by atoms with van der Waals surface area (Å²) in [4.78, 5) is -1.17. The lowest BCUT2D eigenvalue weighted by Gasteiger charge is -2.14. The number of nitrogens with one attached hydrogen (secondary N) is 1. The van der Waals surface area contributed by atoms with Gasteiger partial charge in [0, 0.05) is 12.8 Å². The number of hydrogen-bond acceptors (Lipinski definition) is 5. The molecule has 0 saturated carbocycles. The largest absolute Gasteiger partial charge is 0.501 e. The molecule has 0 atom stereocenters. The highest BCUT2D eigenvalue weighted by Gasteiger charge is 2.48. The summed E-state index contributed by atoms with van der Waals surface area (Å²) in [7, 11) is -9.14. The van der Waals surface area contributed by atoms with Gasteiger partial charge in [0.25, 0.3) is 9.84 Å². The van der Waals surface area contributed by atoms with Gasteiger partial charge in [-0.05, 0) is 35.9 Å². The van der Waals surface area contributed by atoms with Crippen molar-refractivity contribution in [2.45, 2.75) is 21.8 Å². The summed E-state index contributed by atoms with van der Waals surface area (Å²) in [5.41, 5.74) is -5.51. The summed E-state index contributed by atoms with van der Waals surface area (Å²) in [6.07, 6.45) is 1.02. The molecule has 2 aromatic carbocycles. The van der Waals surface area contributed by atoms with Gasteiger partial charge in [-0.25, -0.2) is 21.2 Å². The zero-order chi connectivity index (χ0) is 19.8. The van der Waals surface area contributed by atoms with Crippen molar-refractivity contribution in [3.05, 3.63) is 53.8 Å². The second-order valence-electron chi connectivity index (χ2n) is 5.36. The Hall–Kier alpha value is -2.14. The fraction of sp³-hybridized carbons (Fsp3) is 0.200. The third-order valence-corrected chi connectivity index (χ3v) is 6.03. The van der Waals surface area contributed by atoms with Crippen molar-refractivity contribution in [2.24, 2.45) is 0 Å². The van der Waals surface area contributed by atoms with E-state index in [1.807, 2.05) is 0 Å². The second kappa shape index (κ2) is 6.88. The lowest BCUT2D eigenvalue weighted by molar-refractivity contribution is -0.0435. The van der Waals surface area contributed by atoms with Crippen LogP contribution in [-0.2, 0) is 26.2 Å². The van der Waals surface area contributed by atoms with Crippen molar-refractivity contribution in [3.8, 4) is 0 Å². The molecule has 26 heavy (non-hydrogen) atoms.